The van der Waals surface area contributed by atoms with Gasteiger partial charge in [-0.15, -0.1) is 0 Å². The van der Waals surface area contributed by atoms with Crippen molar-refractivity contribution in [2.75, 3.05) is 5.73 Å². The minimum atomic E-state index is -0.290. The molecule has 0 aliphatic carbocycles. The number of nitrogens with two attached hydrogens (primary N) is 1. The summed E-state index contributed by atoms with van der Waals surface area (Å²) < 4.78 is 13.5. The van der Waals surface area contributed by atoms with Crippen LogP contribution < -0.4 is 5.73 Å². The first-order chi connectivity index (χ1) is 10.9. The largest absolute Gasteiger partial charge is 0.399 e. The zero-order valence-corrected chi connectivity index (χ0v) is 15.1. The highest BCUT2D eigenvalue weighted by Gasteiger charge is 2.08. The maximum Gasteiger partial charge on any atom is 0.138 e. The molecule has 1 rings (SSSR count). The van der Waals surface area contributed by atoms with Gasteiger partial charge in [0.05, 0.1) is 5.56 Å². The number of hydrogen-bond donors (Lipinski definition) is 1. The molecule has 0 atom stereocenters. The van der Waals surface area contributed by atoms with E-state index in [9.17, 15) is 4.39 Å². The Labute approximate surface area is 141 Å². The van der Waals surface area contributed by atoms with Crippen LogP contribution in [0.2, 0.25) is 0 Å². The predicted octanol–water partition coefficient (Wildman–Crippen LogP) is 6.32. The number of rotatable bonds is 8. The monoisotopic (exact) mass is 317 g/mol. The molecule has 0 fully saturated rings. The second kappa shape index (κ2) is 10.3. The average molecular weight is 317 g/mol. The Balaban J connectivity index is 2.04. The lowest BCUT2D eigenvalue weighted by Gasteiger charge is -2.17. The summed E-state index contributed by atoms with van der Waals surface area (Å²) in [5.41, 5.74) is 7.07. The molecule has 23 heavy (non-hydrogen) atoms. The van der Waals surface area contributed by atoms with Crippen molar-refractivity contribution in [2.24, 2.45) is 5.41 Å². The Morgan fingerprint density at radius 2 is 1.57 bits per heavy atom. The summed E-state index contributed by atoms with van der Waals surface area (Å²) in [6.45, 7) is 6.93. The van der Waals surface area contributed by atoms with Crippen LogP contribution in [0.25, 0.3) is 0 Å². The first kappa shape index (κ1) is 19.6. The fraction of sp³-hybridized carbons (Fsp3) is 0.619. The Kier molecular flexibility index (Phi) is 8.77. The maximum atomic E-state index is 13.5. The van der Waals surface area contributed by atoms with Gasteiger partial charge in [0, 0.05) is 12.1 Å². The Bertz CT molecular complexity index is 517. The summed E-state index contributed by atoms with van der Waals surface area (Å²) in [5.74, 6) is 5.64. The third kappa shape index (κ3) is 10.00. The minimum Gasteiger partial charge on any atom is -0.399 e. The topological polar surface area (TPSA) is 26.0 Å². The molecule has 0 heterocycles. The van der Waals surface area contributed by atoms with E-state index >= 15 is 0 Å². The third-order valence-corrected chi connectivity index (χ3v) is 3.94. The van der Waals surface area contributed by atoms with Gasteiger partial charge in [0.2, 0.25) is 0 Å². The molecule has 0 aliphatic rings. The fourth-order valence-corrected chi connectivity index (χ4v) is 2.55. The smallest absolute Gasteiger partial charge is 0.138 e. The molecule has 2 heteroatoms. The first-order valence-electron chi connectivity index (χ1n) is 8.92. The van der Waals surface area contributed by atoms with Crippen molar-refractivity contribution >= 4 is 5.69 Å². The molecule has 0 saturated carbocycles. The van der Waals surface area contributed by atoms with Gasteiger partial charge in [-0.2, -0.15) is 0 Å². The molecular formula is C21H32FN. The Morgan fingerprint density at radius 3 is 2.22 bits per heavy atom. The highest BCUT2D eigenvalue weighted by molar-refractivity contribution is 5.47. The van der Waals surface area contributed by atoms with E-state index in [0.29, 0.717) is 16.7 Å². The van der Waals surface area contributed by atoms with E-state index in [2.05, 4.69) is 32.6 Å². The summed E-state index contributed by atoms with van der Waals surface area (Å²) in [6, 6.07) is 4.53. The molecule has 0 unspecified atom stereocenters. The summed E-state index contributed by atoms with van der Waals surface area (Å²) in [6.07, 6.45) is 11.1. The predicted molar refractivity (Wildman–Crippen MR) is 98.7 cm³/mol. The lowest BCUT2D eigenvalue weighted by molar-refractivity contribution is 0.356. The van der Waals surface area contributed by atoms with Crippen LogP contribution in [-0.2, 0) is 0 Å². The van der Waals surface area contributed by atoms with Crippen LogP contribution in [0.15, 0.2) is 18.2 Å². The highest BCUT2D eigenvalue weighted by atomic mass is 19.1. The van der Waals surface area contributed by atoms with E-state index in [-0.39, 0.29) is 5.82 Å². The second-order valence-corrected chi connectivity index (χ2v) is 7.58. The minimum absolute atomic E-state index is 0.290. The molecule has 1 nitrogen and oxygen atoms in total. The van der Waals surface area contributed by atoms with E-state index in [1.807, 2.05) is 0 Å². The van der Waals surface area contributed by atoms with Crippen molar-refractivity contribution in [1.82, 2.24) is 0 Å². The van der Waals surface area contributed by atoms with E-state index in [1.165, 1.54) is 51.0 Å². The van der Waals surface area contributed by atoms with Gasteiger partial charge in [-0.1, -0.05) is 71.1 Å². The van der Waals surface area contributed by atoms with Gasteiger partial charge in [-0.05, 0) is 36.5 Å². The molecular weight excluding hydrogens is 285 g/mol. The molecule has 0 aliphatic heterocycles. The zero-order chi connectivity index (χ0) is 17.1. The molecule has 0 radical (unpaired) electrons. The third-order valence-electron chi connectivity index (χ3n) is 3.94. The Hall–Kier alpha value is -1.49. The maximum absolute atomic E-state index is 13.5. The van der Waals surface area contributed by atoms with Crippen LogP contribution in [0.4, 0.5) is 10.1 Å². The standard InChI is InChI=1S/C21H32FN/c1-21(2,3)16-12-10-8-6-4-5-7-9-11-13-18-17-19(23)14-15-20(18)22/h14-15,17H,4-10,12,16,23H2,1-3H3. The number of hydrogen-bond acceptors (Lipinski definition) is 1. The Morgan fingerprint density at radius 1 is 0.957 bits per heavy atom. The van der Waals surface area contributed by atoms with Crippen LogP contribution in [0, 0.1) is 23.1 Å². The number of anilines is 1. The van der Waals surface area contributed by atoms with Crippen molar-refractivity contribution in [1.29, 1.82) is 0 Å². The summed E-state index contributed by atoms with van der Waals surface area (Å²) >= 11 is 0. The van der Waals surface area contributed by atoms with Crippen LogP contribution in [0.5, 0.6) is 0 Å². The molecule has 1 aromatic carbocycles. The lowest BCUT2D eigenvalue weighted by atomic mass is 9.89. The van der Waals surface area contributed by atoms with Gasteiger partial charge in [0.15, 0.2) is 0 Å². The zero-order valence-electron chi connectivity index (χ0n) is 15.1. The molecule has 0 saturated heterocycles. The molecule has 1 aromatic rings. The van der Waals surface area contributed by atoms with Gasteiger partial charge in [0.1, 0.15) is 5.82 Å². The molecule has 0 bridgehead atoms. The lowest BCUT2D eigenvalue weighted by Crippen LogP contribution is -2.03. The van der Waals surface area contributed by atoms with Crippen LogP contribution in [0.3, 0.4) is 0 Å². The SMILES string of the molecule is CC(C)(C)CCCCCCCCCC#Cc1cc(N)ccc1F. The summed E-state index contributed by atoms with van der Waals surface area (Å²) in [7, 11) is 0. The molecule has 0 aromatic heterocycles. The van der Waals surface area contributed by atoms with Crippen molar-refractivity contribution < 1.29 is 4.39 Å². The number of halogens is 1. The normalized spacial score (nSPS) is 11.1. The van der Waals surface area contributed by atoms with Crippen LogP contribution >= 0.6 is 0 Å². The van der Waals surface area contributed by atoms with E-state index in [0.717, 1.165) is 12.8 Å². The van der Waals surface area contributed by atoms with E-state index in [4.69, 9.17) is 5.73 Å². The van der Waals surface area contributed by atoms with Gasteiger partial charge in [-0.25, -0.2) is 4.39 Å². The quantitative estimate of drug-likeness (QED) is 0.339. The molecule has 0 spiro atoms. The van der Waals surface area contributed by atoms with Gasteiger partial charge >= 0.3 is 0 Å². The number of benzene rings is 1. The second-order valence-electron chi connectivity index (χ2n) is 7.58. The van der Waals surface area contributed by atoms with Crippen LogP contribution in [-0.4, -0.2) is 0 Å². The van der Waals surface area contributed by atoms with Gasteiger partial charge in [0.25, 0.3) is 0 Å². The average Bonchev–Trinajstić information content (AvgIpc) is 2.47. The van der Waals surface area contributed by atoms with E-state index < -0.39 is 0 Å². The van der Waals surface area contributed by atoms with Crippen molar-refractivity contribution in [2.45, 2.75) is 78.6 Å². The summed E-state index contributed by atoms with van der Waals surface area (Å²) in [5, 5.41) is 0. The molecule has 2 N–H and O–H groups in total. The molecule has 0 amide bonds. The van der Waals surface area contributed by atoms with Crippen molar-refractivity contribution in [3.8, 4) is 11.8 Å². The van der Waals surface area contributed by atoms with Gasteiger partial charge < -0.3 is 5.73 Å². The highest BCUT2D eigenvalue weighted by Crippen LogP contribution is 2.22. The van der Waals surface area contributed by atoms with Crippen molar-refractivity contribution in [3.63, 3.8) is 0 Å². The van der Waals surface area contributed by atoms with Gasteiger partial charge in [-0.3, -0.25) is 0 Å². The first-order valence-corrected chi connectivity index (χ1v) is 8.92. The summed E-state index contributed by atoms with van der Waals surface area (Å²) in [4.78, 5) is 0. The van der Waals surface area contributed by atoms with Crippen molar-refractivity contribution in [3.05, 3.63) is 29.6 Å². The van der Waals surface area contributed by atoms with E-state index in [1.54, 1.807) is 12.1 Å². The number of unbranched alkanes of at least 4 members (excludes halogenated alkanes) is 7. The number of nitrogen functional groups attached to an aromatic ring is 1. The fourth-order valence-electron chi connectivity index (χ4n) is 2.55. The van der Waals surface area contributed by atoms with Crippen LogP contribution in [0.1, 0.15) is 84.1 Å². The molecule has 128 valence electrons.